The van der Waals surface area contributed by atoms with Crippen LogP contribution in [0.3, 0.4) is 0 Å². The average molecular weight is 244 g/mol. The van der Waals surface area contributed by atoms with Gasteiger partial charge in [-0.2, -0.15) is 0 Å². The Labute approximate surface area is 103 Å². The van der Waals surface area contributed by atoms with Crippen LogP contribution < -0.4 is 5.73 Å². The number of ether oxygens (including phenoxy) is 2. The van der Waals surface area contributed by atoms with E-state index in [0.29, 0.717) is 25.8 Å². The Hall–Kier alpha value is -0.650. The maximum atomic E-state index is 11.5. The quantitative estimate of drug-likeness (QED) is 0.708. The SMILES string of the molecule is CCOC(=O)C(N)CN1CC(C)OCC1CC. The van der Waals surface area contributed by atoms with Gasteiger partial charge in [-0.25, -0.2) is 0 Å². The summed E-state index contributed by atoms with van der Waals surface area (Å²) in [6.07, 6.45) is 1.20. The van der Waals surface area contributed by atoms with Gasteiger partial charge in [0.05, 0.1) is 19.3 Å². The second kappa shape index (κ2) is 6.93. The minimum absolute atomic E-state index is 0.201. The van der Waals surface area contributed by atoms with Crippen LogP contribution in [0.4, 0.5) is 0 Å². The molecule has 1 rings (SSSR count). The van der Waals surface area contributed by atoms with Crippen molar-refractivity contribution in [3.05, 3.63) is 0 Å². The lowest BCUT2D eigenvalue weighted by atomic mass is 10.1. The highest BCUT2D eigenvalue weighted by Gasteiger charge is 2.28. The first-order chi connectivity index (χ1) is 8.08. The number of esters is 1. The fourth-order valence-electron chi connectivity index (χ4n) is 2.09. The normalized spacial score (nSPS) is 27.8. The lowest BCUT2D eigenvalue weighted by Crippen LogP contribution is -2.54. The van der Waals surface area contributed by atoms with Crippen molar-refractivity contribution in [2.45, 2.75) is 45.4 Å². The molecule has 1 aliphatic rings. The minimum Gasteiger partial charge on any atom is -0.465 e. The molecule has 3 unspecified atom stereocenters. The molecule has 3 atom stereocenters. The fraction of sp³-hybridized carbons (Fsp3) is 0.917. The van der Waals surface area contributed by atoms with E-state index in [-0.39, 0.29) is 12.1 Å². The van der Waals surface area contributed by atoms with Crippen molar-refractivity contribution in [1.82, 2.24) is 4.90 Å². The van der Waals surface area contributed by atoms with Crippen LogP contribution in [-0.2, 0) is 14.3 Å². The molecule has 0 aliphatic carbocycles. The summed E-state index contributed by atoms with van der Waals surface area (Å²) in [5.74, 6) is -0.318. The average Bonchev–Trinajstić information content (AvgIpc) is 2.29. The van der Waals surface area contributed by atoms with E-state index >= 15 is 0 Å². The van der Waals surface area contributed by atoms with Crippen LogP contribution in [0.15, 0.2) is 0 Å². The summed E-state index contributed by atoms with van der Waals surface area (Å²) >= 11 is 0. The van der Waals surface area contributed by atoms with E-state index in [9.17, 15) is 4.79 Å². The Kier molecular flexibility index (Phi) is 5.88. The Morgan fingerprint density at radius 2 is 2.29 bits per heavy atom. The van der Waals surface area contributed by atoms with E-state index in [2.05, 4.69) is 11.8 Å². The third kappa shape index (κ3) is 4.26. The Balaban J connectivity index is 2.48. The van der Waals surface area contributed by atoms with Crippen molar-refractivity contribution in [2.75, 3.05) is 26.3 Å². The lowest BCUT2D eigenvalue weighted by molar-refractivity contribution is -0.146. The van der Waals surface area contributed by atoms with Crippen LogP contribution in [-0.4, -0.2) is 55.4 Å². The van der Waals surface area contributed by atoms with E-state index in [1.165, 1.54) is 0 Å². The third-order valence-electron chi connectivity index (χ3n) is 3.07. The van der Waals surface area contributed by atoms with Gasteiger partial charge in [-0.1, -0.05) is 6.92 Å². The molecule has 0 aromatic heterocycles. The van der Waals surface area contributed by atoms with Crippen LogP contribution in [0, 0.1) is 0 Å². The summed E-state index contributed by atoms with van der Waals surface area (Å²) < 4.78 is 10.5. The maximum Gasteiger partial charge on any atom is 0.324 e. The summed E-state index contributed by atoms with van der Waals surface area (Å²) in [4.78, 5) is 13.7. The highest BCUT2D eigenvalue weighted by atomic mass is 16.5. The summed E-state index contributed by atoms with van der Waals surface area (Å²) in [5.41, 5.74) is 5.84. The molecule has 0 aromatic rings. The zero-order chi connectivity index (χ0) is 12.8. The lowest BCUT2D eigenvalue weighted by Gasteiger charge is -2.39. The van der Waals surface area contributed by atoms with Gasteiger partial charge in [0, 0.05) is 19.1 Å². The molecule has 0 amide bonds. The van der Waals surface area contributed by atoms with E-state index in [4.69, 9.17) is 15.2 Å². The van der Waals surface area contributed by atoms with Crippen LogP contribution in [0.25, 0.3) is 0 Å². The first-order valence-corrected chi connectivity index (χ1v) is 6.36. The summed E-state index contributed by atoms with van der Waals surface area (Å²) in [5, 5.41) is 0. The smallest absolute Gasteiger partial charge is 0.324 e. The van der Waals surface area contributed by atoms with Gasteiger partial charge in [0.15, 0.2) is 0 Å². The zero-order valence-electron chi connectivity index (χ0n) is 11.0. The number of hydrogen-bond acceptors (Lipinski definition) is 5. The van der Waals surface area contributed by atoms with E-state index in [1.54, 1.807) is 6.92 Å². The second-order valence-electron chi connectivity index (χ2n) is 4.52. The van der Waals surface area contributed by atoms with Gasteiger partial charge in [-0.15, -0.1) is 0 Å². The summed E-state index contributed by atoms with van der Waals surface area (Å²) in [6.45, 7) is 8.41. The van der Waals surface area contributed by atoms with E-state index < -0.39 is 6.04 Å². The molecular formula is C12H24N2O3. The van der Waals surface area contributed by atoms with E-state index in [0.717, 1.165) is 13.0 Å². The predicted octanol–water partition coefficient (Wildman–Crippen LogP) is 0.376. The monoisotopic (exact) mass is 244 g/mol. The third-order valence-corrected chi connectivity index (χ3v) is 3.07. The summed E-state index contributed by atoms with van der Waals surface area (Å²) in [7, 11) is 0. The standard InChI is InChI=1S/C12H24N2O3/c1-4-10-8-17-9(3)6-14(10)7-11(13)12(15)16-5-2/h9-11H,4-8,13H2,1-3H3. The van der Waals surface area contributed by atoms with Crippen molar-refractivity contribution in [2.24, 2.45) is 5.73 Å². The fourth-order valence-corrected chi connectivity index (χ4v) is 2.09. The highest BCUT2D eigenvalue weighted by Crippen LogP contribution is 2.14. The minimum atomic E-state index is -0.561. The van der Waals surface area contributed by atoms with Crippen LogP contribution in [0.5, 0.6) is 0 Å². The van der Waals surface area contributed by atoms with Gasteiger partial charge < -0.3 is 15.2 Å². The van der Waals surface area contributed by atoms with Crippen molar-refractivity contribution >= 4 is 5.97 Å². The number of nitrogens with zero attached hydrogens (tertiary/aromatic N) is 1. The van der Waals surface area contributed by atoms with Crippen LogP contribution >= 0.6 is 0 Å². The molecule has 1 heterocycles. The van der Waals surface area contributed by atoms with Crippen molar-refractivity contribution in [1.29, 1.82) is 0 Å². The molecule has 5 nitrogen and oxygen atoms in total. The molecule has 0 bridgehead atoms. The van der Waals surface area contributed by atoms with Crippen molar-refractivity contribution in [3.8, 4) is 0 Å². The number of morpholine rings is 1. The largest absolute Gasteiger partial charge is 0.465 e. The first-order valence-electron chi connectivity index (χ1n) is 6.36. The Morgan fingerprint density at radius 1 is 1.59 bits per heavy atom. The first kappa shape index (κ1) is 14.4. The molecule has 1 aliphatic heterocycles. The van der Waals surface area contributed by atoms with Crippen molar-refractivity contribution in [3.63, 3.8) is 0 Å². The molecule has 2 N–H and O–H groups in total. The number of carbonyl (C=O) groups is 1. The second-order valence-corrected chi connectivity index (χ2v) is 4.52. The molecule has 1 saturated heterocycles. The molecule has 0 saturated carbocycles. The molecule has 1 fully saturated rings. The number of carbonyl (C=O) groups excluding carboxylic acids is 1. The van der Waals surface area contributed by atoms with Gasteiger partial charge in [0.2, 0.25) is 0 Å². The zero-order valence-corrected chi connectivity index (χ0v) is 11.0. The molecule has 17 heavy (non-hydrogen) atoms. The molecule has 0 aromatic carbocycles. The van der Waals surface area contributed by atoms with Crippen LogP contribution in [0.1, 0.15) is 27.2 Å². The molecule has 0 spiro atoms. The molecular weight excluding hydrogens is 220 g/mol. The topological polar surface area (TPSA) is 64.8 Å². The Bertz CT molecular complexity index is 248. The molecule has 100 valence electrons. The summed E-state index contributed by atoms with van der Waals surface area (Å²) in [6, 6.07) is -0.207. The number of nitrogens with two attached hydrogens (primary N) is 1. The van der Waals surface area contributed by atoms with Gasteiger partial charge in [0.25, 0.3) is 0 Å². The number of rotatable bonds is 5. The van der Waals surface area contributed by atoms with Crippen molar-refractivity contribution < 1.29 is 14.3 Å². The Morgan fingerprint density at radius 3 is 2.88 bits per heavy atom. The predicted molar refractivity (Wildman–Crippen MR) is 65.7 cm³/mol. The molecule has 0 radical (unpaired) electrons. The number of hydrogen-bond donors (Lipinski definition) is 1. The maximum absolute atomic E-state index is 11.5. The van der Waals surface area contributed by atoms with Gasteiger partial charge in [-0.05, 0) is 20.3 Å². The van der Waals surface area contributed by atoms with E-state index in [1.807, 2.05) is 6.92 Å². The molecule has 5 heteroatoms. The van der Waals surface area contributed by atoms with Crippen LogP contribution in [0.2, 0.25) is 0 Å². The van der Waals surface area contributed by atoms with Gasteiger partial charge in [-0.3, -0.25) is 9.69 Å². The highest BCUT2D eigenvalue weighted by molar-refractivity contribution is 5.75. The van der Waals surface area contributed by atoms with Gasteiger partial charge in [0.1, 0.15) is 6.04 Å². The van der Waals surface area contributed by atoms with Gasteiger partial charge >= 0.3 is 5.97 Å².